The molecule has 23 heavy (non-hydrogen) atoms. The van der Waals surface area contributed by atoms with Crippen LogP contribution in [0.25, 0.3) is 0 Å². The Morgan fingerprint density at radius 3 is 2.96 bits per heavy atom. The predicted molar refractivity (Wildman–Crippen MR) is 89.9 cm³/mol. The first kappa shape index (κ1) is 16.0. The molecule has 1 N–H and O–H groups in total. The van der Waals surface area contributed by atoms with Crippen LogP contribution in [0.4, 0.5) is 4.39 Å². The van der Waals surface area contributed by atoms with Crippen LogP contribution in [0.2, 0.25) is 0 Å². The Kier molecular flexibility index (Phi) is 4.96. The molecule has 0 heterocycles. The zero-order chi connectivity index (χ0) is 16.2. The Morgan fingerprint density at radius 2 is 2.13 bits per heavy atom. The summed E-state index contributed by atoms with van der Waals surface area (Å²) in [6.45, 7) is -0.0943. The summed E-state index contributed by atoms with van der Waals surface area (Å²) in [4.78, 5) is 12.1. The molecule has 0 saturated heterocycles. The predicted octanol–water partition coefficient (Wildman–Crippen LogP) is 4.16. The lowest BCUT2D eigenvalue weighted by Crippen LogP contribution is -2.34. The van der Waals surface area contributed by atoms with Crippen LogP contribution < -0.4 is 10.1 Å². The number of rotatable bonds is 4. The maximum absolute atomic E-state index is 13.0. The summed E-state index contributed by atoms with van der Waals surface area (Å²) in [6.07, 6.45) is 3.05. The van der Waals surface area contributed by atoms with Crippen molar-refractivity contribution in [2.75, 3.05) is 6.61 Å². The van der Waals surface area contributed by atoms with Crippen molar-refractivity contribution in [2.24, 2.45) is 0 Å². The van der Waals surface area contributed by atoms with Crippen molar-refractivity contribution in [3.63, 3.8) is 0 Å². The molecular formula is C18H17BrFNO2. The van der Waals surface area contributed by atoms with Gasteiger partial charge in [-0.3, -0.25) is 4.79 Å². The van der Waals surface area contributed by atoms with E-state index in [2.05, 4.69) is 33.4 Å². The van der Waals surface area contributed by atoms with Gasteiger partial charge in [-0.05, 0) is 64.5 Å². The SMILES string of the molecule is O=C(COc1ccc(F)cc1Br)NC1CCCc2ccccc21. The second-order valence-electron chi connectivity index (χ2n) is 5.57. The zero-order valence-electron chi connectivity index (χ0n) is 12.5. The number of aryl methyl sites for hydroxylation is 1. The summed E-state index contributed by atoms with van der Waals surface area (Å²) >= 11 is 3.22. The molecule has 2 aromatic rings. The molecule has 1 amide bonds. The van der Waals surface area contributed by atoms with Crippen molar-refractivity contribution in [2.45, 2.75) is 25.3 Å². The lowest BCUT2D eigenvalue weighted by Gasteiger charge is -2.26. The molecule has 0 aromatic heterocycles. The Balaban J connectivity index is 1.60. The van der Waals surface area contributed by atoms with Crippen molar-refractivity contribution in [3.8, 4) is 5.75 Å². The Hall–Kier alpha value is -1.88. The van der Waals surface area contributed by atoms with E-state index in [1.807, 2.05) is 12.1 Å². The normalized spacial score (nSPS) is 16.5. The highest BCUT2D eigenvalue weighted by Crippen LogP contribution is 2.29. The highest BCUT2D eigenvalue weighted by atomic mass is 79.9. The molecule has 0 spiro atoms. The molecule has 0 fully saturated rings. The number of amides is 1. The molecule has 0 bridgehead atoms. The van der Waals surface area contributed by atoms with Crippen LogP contribution >= 0.6 is 15.9 Å². The summed E-state index contributed by atoms with van der Waals surface area (Å²) in [5.74, 6) is -0.0824. The Bertz CT molecular complexity index is 720. The molecule has 0 saturated carbocycles. The van der Waals surface area contributed by atoms with Gasteiger partial charge in [-0.2, -0.15) is 0 Å². The lowest BCUT2D eigenvalue weighted by molar-refractivity contribution is -0.124. The molecule has 2 aromatic carbocycles. The number of carbonyl (C=O) groups is 1. The Labute approximate surface area is 143 Å². The van der Waals surface area contributed by atoms with Crippen LogP contribution in [-0.4, -0.2) is 12.5 Å². The van der Waals surface area contributed by atoms with Crippen molar-refractivity contribution >= 4 is 21.8 Å². The number of nitrogens with one attached hydrogen (secondary N) is 1. The number of fused-ring (bicyclic) bond motifs is 1. The number of hydrogen-bond donors (Lipinski definition) is 1. The van der Waals surface area contributed by atoms with Crippen molar-refractivity contribution < 1.29 is 13.9 Å². The molecule has 1 aliphatic carbocycles. The molecule has 0 aliphatic heterocycles. The summed E-state index contributed by atoms with van der Waals surface area (Å²) < 4.78 is 19.0. The third-order valence-corrected chi connectivity index (χ3v) is 4.58. The van der Waals surface area contributed by atoms with Gasteiger partial charge in [0.15, 0.2) is 6.61 Å². The minimum atomic E-state index is -0.354. The van der Waals surface area contributed by atoms with E-state index >= 15 is 0 Å². The standard InChI is InChI=1S/C18H17BrFNO2/c19-15-10-13(20)8-9-17(15)23-11-18(22)21-16-7-3-5-12-4-1-2-6-14(12)16/h1-2,4,6,8-10,16H,3,5,7,11H2,(H,21,22). The van der Waals surface area contributed by atoms with Gasteiger partial charge in [-0.1, -0.05) is 24.3 Å². The first-order chi connectivity index (χ1) is 11.1. The summed E-state index contributed by atoms with van der Waals surface area (Å²) in [7, 11) is 0. The summed E-state index contributed by atoms with van der Waals surface area (Å²) in [5.41, 5.74) is 2.49. The summed E-state index contributed by atoms with van der Waals surface area (Å²) in [6, 6.07) is 12.3. The van der Waals surface area contributed by atoms with Crippen molar-refractivity contribution in [1.82, 2.24) is 5.32 Å². The second kappa shape index (κ2) is 7.13. The third kappa shape index (κ3) is 3.91. The van der Waals surface area contributed by atoms with Gasteiger partial charge in [0.25, 0.3) is 5.91 Å². The number of ether oxygens (including phenoxy) is 1. The molecular weight excluding hydrogens is 361 g/mol. The van der Waals surface area contributed by atoms with Crippen LogP contribution in [0.1, 0.15) is 30.0 Å². The smallest absolute Gasteiger partial charge is 0.258 e. The maximum atomic E-state index is 13.0. The molecule has 5 heteroatoms. The largest absolute Gasteiger partial charge is 0.483 e. The molecule has 1 aliphatic rings. The van der Waals surface area contributed by atoms with Crippen LogP contribution in [-0.2, 0) is 11.2 Å². The fraction of sp³-hybridized carbons (Fsp3) is 0.278. The fourth-order valence-electron chi connectivity index (χ4n) is 2.88. The monoisotopic (exact) mass is 377 g/mol. The molecule has 0 radical (unpaired) electrons. The van der Waals surface area contributed by atoms with Crippen LogP contribution in [0.3, 0.4) is 0 Å². The van der Waals surface area contributed by atoms with E-state index in [4.69, 9.17) is 4.74 Å². The van der Waals surface area contributed by atoms with Gasteiger partial charge in [0.1, 0.15) is 11.6 Å². The Morgan fingerprint density at radius 1 is 1.30 bits per heavy atom. The van der Waals surface area contributed by atoms with Gasteiger partial charge in [0.2, 0.25) is 0 Å². The van der Waals surface area contributed by atoms with Gasteiger partial charge in [0, 0.05) is 0 Å². The fourth-order valence-corrected chi connectivity index (χ4v) is 3.34. The number of hydrogen-bond acceptors (Lipinski definition) is 2. The molecule has 3 rings (SSSR count). The van der Waals surface area contributed by atoms with E-state index in [0.29, 0.717) is 10.2 Å². The first-order valence-electron chi connectivity index (χ1n) is 7.58. The van der Waals surface area contributed by atoms with Gasteiger partial charge < -0.3 is 10.1 Å². The topological polar surface area (TPSA) is 38.3 Å². The second-order valence-corrected chi connectivity index (χ2v) is 6.43. The van der Waals surface area contributed by atoms with Crippen molar-refractivity contribution in [3.05, 3.63) is 63.9 Å². The summed E-state index contributed by atoms with van der Waals surface area (Å²) in [5, 5.41) is 3.02. The van der Waals surface area contributed by atoms with Crippen LogP contribution in [0.5, 0.6) is 5.75 Å². The van der Waals surface area contributed by atoms with E-state index in [-0.39, 0.29) is 24.4 Å². The molecule has 3 nitrogen and oxygen atoms in total. The van der Waals surface area contributed by atoms with Crippen LogP contribution in [0.15, 0.2) is 46.9 Å². The van der Waals surface area contributed by atoms with E-state index in [1.165, 1.54) is 29.3 Å². The third-order valence-electron chi connectivity index (χ3n) is 3.96. The molecule has 1 atom stereocenters. The average Bonchev–Trinajstić information content (AvgIpc) is 2.54. The van der Waals surface area contributed by atoms with E-state index in [0.717, 1.165) is 19.3 Å². The van der Waals surface area contributed by atoms with E-state index < -0.39 is 0 Å². The number of halogens is 2. The number of benzene rings is 2. The van der Waals surface area contributed by atoms with Gasteiger partial charge in [0.05, 0.1) is 10.5 Å². The highest BCUT2D eigenvalue weighted by Gasteiger charge is 2.21. The highest BCUT2D eigenvalue weighted by molar-refractivity contribution is 9.10. The lowest BCUT2D eigenvalue weighted by atomic mass is 9.88. The van der Waals surface area contributed by atoms with Gasteiger partial charge >= 0.3 is 0 Å². The molecule has 1 unspecified atom stereocenters. The van der Waals surface area contributed by atoms with E-state index in [1.54, 1.807) is 0 Å². The van der Waals surface area contributed by atoms with E-state index in [9.17, 15) is 9.18 Å². The van der Waals surface area contributed by atoms with Gasteiger partial charge in [-0.25, -0.2) is 4.39 Å². The van der Waals surface area contributed by atoms with Crippen LogP contribution in [0, 0.1) is 5.82 Å². The zero-order valence-corrected chi connectivity index (χ0v) is 14.1. The minimum Gasteiger partial charge on any atom is -0.483 e. The molecule has 120 valence electrons. The first-order valence-corrected chi connectivity index (χ1v) is 8.38. The van der Waals surface area contributed by atoms with Crippen molar-refractivity contribution in [1.29, 1.82) is 0 Å². The maximum Gasteiger partial charge on any atom is 0.258 e. The quantitative estimate of drug-likeness (QED) is 0.868. The average molecular weight is 378 g/mol. The van der Waals surface area contributed by atoms with Gasteiger partial charge in [-0.15, -0.1) is 0 Å². The number of carbonyl (C=O) groups excluding carboxylic acids is 1. The minimum absolute atomic E-state index is 0.0349.